The van der Waals surface area contributed by atoms with Crippen molar-refractivity contribution in [1.29, 1.82) is 0 Å². The second kappa shape index (κ2) is 4.29. The van der Waals surface area contributed by atoms with E-state index in [1.54, 1.807) is 24.4 Å². The summed E-state index contributed by atoms with van der Waals surface area (Å²) in [6.45, 7) is 0. The number of nitrogens with zero attached hydrogens (tertiary/aromatic N) is 3. The number of rotatable bonds is 3. The van der Waals surface area contributed by atoms with E-state index in [2.05, 4.69) is 9.78 Å². The minimum absolute atomic E-state index is 0.195. The van der Waals surface area contributed by atoms with Crippen LogP contribution in [0.1, 0.15) is 6.42 Å². The van der Waals surface area contributed by atoms with E-state index in [0.29, 0.717) is 11.4 Å². The lowest BCUT2D eigenvalue weighted by molar-refractivity contribution is -0.138. The largest absolute Gasteiger partial charge is 0.480 e. The van der Waals surface area contributed by atoms with Gasteiger partial charge in [0, 0.05) is 24.3 Å². The maximum Gasteiger partial charge on any atom is 0.341 e. The maximum atomic E-state index is 10.7. The van der Waals surface area contributed by atoms with Crippen LogP contribution in [0.3, 0.4) is 0 Å². The van der Waals surface area contributed by atoms with Gasteiger partial charge in [0.2, 0.25) is 0 Å². The number of hydrogen-bond donors (Lipinski definition) is 2. The summed E-state index contributed by atoms with van der Waals surface area (Å²) in [6.07, 6.45) is 6.88. The van der Waals surface area contributed by atoms with Gasteiger partial charge in [0.25, 0.3) is 0 Å². The predicted molar refractivity (Wildman–Crippen MR) is 61.6 cm³/mol. The zero-order valence-corrected chi connectivity index (χ0v) is 8.87. The molecule has 0 aromatic heterocycles. The number of carbonyl (C=O) groups is 1. The van der Waals surface area contributed by atoms with E-state index >= 15 is 0 Å². The van der Waals surface area contributed by atoms with Crippen molar-refractivity contribution < 1.29 is 14.7 Å². The van der Waals surface area contributed by atoms with E-state index in [-0.39, 0.29) is 6.42 Å². The normalized spacial score (nSPS) is 18.9. The average Bonchev–Trinajstić information content (AvgIpc) is 2.72. The molecule has 6 nitrogen and oxygen atoms in total. The van der Waals surface area contributed by atoms with Crippen LogP contribution in [0.2, 0.25) is 0 Å². The molecule has 86 valence electrons. The SMILES string of the molecule is [N-]=[N+]=C1C=CC=C2C(C[C@H](N)C(=O)O)=CN=C21. The van der Waals surface area contributed by atoms with Gasteiger partial charge in [-0.05, 0) is 5.57 Å². The van der Waals surface area contributed by atoms with Gasteiger partial charge in [0.15, 0.2) is 5.71 Å². The second-order valence-corrected chi connectivity index (χ2v) is 3.71. The van der Waals surface area contributed by atoms with Crippen LogP contribution in [0.15, 0.2) is 40.6 Å². The lowest BCUT2D eigenvalue weighted by atomic mass is 9.93. The summed E-state index contributed by atoms with van der Waals surface area (Å²) in [5.74, 6) is -1.05. The minimum Gasteiger partial charge on any atom is -0.480 e. The van der Waals surface area contributed by atoms with Crippen molar-refractivity contribution in [3.63, 3.8) is 0 Å². The van der Waals surface area contributed by atoms with Gasteiger partial charge in [0.05, 0.1) is 0 Å². The molecule has 0 aromatic carbocycles. The number of hydrogen-bond acceptors (Lipinski definition) is 3. The standard InChI is InChI=1S/C11H10N4O2/c12-8(11(16)17)4-6-5-14-10-7(6)2-1-3-9(10)15-13/h1-3,5,8H,4,12H2,(H,16,17)/t8-/m0/s1. The highest BCUT2D eigenvalue weighted by Gasteiger charge is 2.29. The fourth-order valence-electron chi connectivity index (χ4n) is 1.71. The Balaban J connectivity index is 2.22. The number of fused-ring (bicyclic) bond motifs is 1. The van der Waals surface area contributed by atoms with Crippen LogP contribution in [-0.2, 0) is 4.79 Å². The van der Waals surface area contributed by atoms with E-state index in [9.17, 15) is 4.79 Å². The summed E-state index contributed by atoms with van der Waals surface area (Å²) in [7, 11) is 0. The van der Waals surface area contributed by atoms with E-state index in [1.807, 2.05) is 0 Å². The van der Waals surface area contributed by atoms with Crippen LogP contribution in [0, 0.1) is 0 Å². The van der Waals surface area contributed by atoms with Crippen molar-refractivity contribution in [2.45, 2.75) is 12.5 Å². The molecule has 3 N–H and O–H groups in total. The molecule has 1 aliphatic carbocycles. The summed E-state index contributed by atoms with van der Waals surface area (Å²) in [5.41, 5.74) is 16.7. The highest BCUT2D eigenvalue weighted by molar-refractivity contribution is 6.52. The van der Waals surface area contributed by atoms with Gasteiger partial charge in [-0.1, -0.05) is 12.2 Å². The molecule has 1 heterocycles. The molecule has 0 bridgehead atoms. The third-order valence-corrected chi connectivity index (χ3v) is 2.57. The third kappa shape index (κ3) is 1.99. The Bertz CT molecular complexity index is 548. The monoisotopic (exact) mass is 230 g/mol. The topological polar surface area (TPSA) is 112 Å². The van der Waals surface area contributed by atoms with Gasteiger partial charge in [0.1, 0.15) is 6.04 Å². The highest BCUT2D eigenvalue weighted by atomic mass is 16.4. The second-order valence-electron chi connectivity index (χ2n) is 3.71. The van der Waals surface area contributed by atoms with Gasteiger partial charge < -0.3 is 16.4 Å². The van der Waals surface area contributed by atoms with Gasteiger partial charge >= 0.3 is 11.7 Å². The van der Waals surface area contributed by atoms with Crippen molar-refractivity contribution >= 4 is 17.4 Å². The van der Waals surface area contributed by atoms with Crippen LogP contribution in [0.5, 0.6) is 0 Å². The Hall–Kier alpha value is -2.30. The first-order valence-electron chi connectivity index (χ1n) is 5.00. The van der Waals surface area contributed by atoms with Gasteiger partial charge in [-0.2, -0.15) is 4.79 Å². The van der Waals surface area contributed by atoms with E-state index < -0.39 is 12.0 Å². The smallest absolute Gasteiger partial charge is 0.341 e. The number of allylic oxidation sites excluding steroid dienone is 4. The molecular formula is C11H10N4O2. The zero-order chi connectivity index (χ0) is 12.4. The molecule has 17 heavy (non-hydrogen) atoms. The molecule has 0 fully saturated rings. The van der Waals surface area contributed by atoms with Crippen LogP contribution in [-0.4, -0.2) is 33.3 Å². The number of nitrogens with two attached hydrogens (primary N) is 1. The van der Waals surface area contributed by atoms with Gasteiger partial charge in [-0.3, -0.25) is 4.79 Å². The van der Waals surface area contributed by atoms with Gasteiger partial charge in [-0.15, -0.1) is 0 Å². The lowest BCUT2D eigenvalue weighted by Gasteiger charge is -2.10. The molecule has 0 saturated carbocycles. The molecule has 1 aliphatic heterocycles. The first-order chi connectivity index (χ1) is 8.13. The third-order valence-electron chi connectivity index (χ3n) is 2.57. The predicted octanol–water partition coefficient (Wildman–Crippen LogP) is 0.294. The molecule has 0 radical (unpaired) electrons. The Kier molecular flexibility index (Phi) is 2.82. The van der Waals surface area contributed by atoms with Crippen LogP contribution < -0.4 is 5.73 Å². The van der Waals surface area contributed by atoms with Crippen molar-refractivity contribution in [2.75, 3.05) is 0 Å². The molecule has 0 aromatic rings. The summed E-state index contributed by atoms with van der Waals surface area (Å²) >= 11 is 0. The first-order valence-corrected chi connectivity index (χ1v) is 5.00. The van der Waals surface area contributed by atoms with Crippen LogP contribution in [0.25, 0.3) is 5.53 Å². The first kappa shape index (κ1) is 11.2. The number of carboxylic acids is 1. The summed E-state index contributed by atoms with van der Waals surface area (Å²) in [5, 5.41) is 8.75. The quantitative estimate of drug-likeness (QED) is 0.413. The molecular weight excluding hydrogens is 220 g/mol. The molecule has 2 rings (SSSR count). The zero-order valence-electron chi connectivity index (χ0n) is 8.87. The molecule has 0 spiro atoms. The Labute approximate surface area is 97.1 Å². The van der Waals surface area contributed by atoms with Crippen molar-refractivity contribution in [2.24, 2.45) is 10.7 Å². The average molecular weight is 230 g/mol. The fraction of sp³-hybridized carbons (Fsp3) is 0.182. The maximum absolute atomic E-state index is 10.7. The van der Waals surface area contributed by atoms with E-state index in [4.69, 9.17) is 16.4 Å². The summed E-state index contributed by atoms with van der Waals surface area (Å²) < 4.78 is 0. The van der Waals surface area contributed by atoms with Crippen LogP contribution >= 0.6 is 0 Å². The minimum atomic E-state index is -1.05. The molecule has 6 heteroatoms. The number of aliphatic carboxylic acids is 1. The molecule has 0 amide bonds. The molecule has 0 unspecified atom stereocenters. The Morgan fingerprint density at radius 1 is 1.65 bits per heavy atom. The van der Waals surface area contributed by atoms with Gasteiger partial charge in [-0.25, -0.2) is 4.99 Å². The fourth-order valence-corrected chi connectivity index (χ4v) is 1.71. The molecule has 2 aliphatic rings. The van der Waals surface area contributed by atoms with Crippen molar-refractivity contribution in [1.82, 2.24) is 0 Å². The van der Waals surface area contributed by atoms with Crippen molar-refractivity contribution in [3.05, 3.63) is 41.1 Å². The highest BCUT2D eigenvalue weighted by Crippen LogP contribution is 2.26. The van der Waals surface area contributed by atoms with E-state index in [1.165, 1.54) is 0 Å². The Morgan fingerprint density at radius 3 is 3.06 bits per heavy atom. The van der Waals surface area contributed by atoms with E-state index in [0.717, 1.165) is 11.1 Å². The molecule has 1 atom stereocenters. The Morgan fingerprint density at radius 2 is 2.41 bits per heavy atom. The number of carboxylic acid groups (broad SMARTS) is 1. The lowest BCUT2D eigenvalue weighted by Crippen LogP contribution is -2.31. The van der Waals surface area contributed by atoms with Crippen molar-refractivity contribution in [3.8, 4) is 0 Å². The van der Waals surface area contributed by atoms with Crippen LogP contribution in [0.4, 0.5) is 0 Å². The summed E-state index contributed by atoms with van der Waals surface area (Å²) in [4.78, 5) is 17.9. The summed E-state index contributed by atoms with van der Waals surface area (Å²) in [6, 6.07) is -0.961. The number of aliphatic imine (C=N–C) groups is 1. The molecule has 0 saturated heterocycles.